The van der Waals surface area contributed by atoms with Gasteiger partial charge in [-0.1, -0.05) is 31.2 Å². The first kappa shape index (κ1) is 14.1. The molecule has 5 atom stereocenters. The van der Waals surface area contributed by atoms with Crippen LogP contribution in [0, 0.1) is 17.8 Å². The van der Waals surface area contributed by atoms with E-state index >= 15 is 0 Å². The van der Waals surface area contributed by atoms with Gasteiger partial charge >= 0.3 is 11.9 Å². The lowest BCUT2D eigenvalue weighted by Gasteiger charge is -2.29. The molecular weight excluding hydrogens is 268 g/mol. The summed E-state index contributed by atoms with van der Waals surface area (Å²) in [5.74, 6) is -0.898. The highest BCUT2D eigenvalue weighted by molar-refractivity contribution is 5.76. The van der Waals surface area contributed by atoms with Crippen LogP contribution in [-0.2, 0) is 19.1 Å². The van der Waals surface area contributed by atoms with Crippen LogP contribution < -0.4 is 0 Å². The Bertz CT molecular complexity index is 584. The van der Waals surface area contributed by atoms with Crippen molar-refractivity contribution in [2.24, 2.45) is 17.8 Å². The van der Waals surface area contributed by atoms with E-state index in [1.807, 2.05) is 19.1 Å². The van der Waals surface area contributed by atoms with Crippen molar-refractivity contribution in [1.82, 2.24) is 0 Å². The Labute approximate surface area is 124 Å². The van der Waals surface area contributed by atoms with Gasteiger partial charge in [0.25, 0.3) is 0 Å². The number of fused-ring (bicyclic) bond motifs is 3. The van der Waals surface area contributed by atoms with Crippen molar-refractivity contribution in [1.29, 1.82) is 0 Å². The van der Waals surface area contributed by atoms with Crippen LogP contribution in [0.4, 0.5) is 0 Å². The molecule has 0 aromatic rings. The molecule has 0 radical (unpaired) electrons. The molecule has 0 aromatic heterocycles. The normalized spacial score (nSPS) is 38.0. The van der Waals surface area contributed by atoms with E-state index in [1.165, 1.54) is 12.5 Å². The van der Waals surface area contributed by atoms with E-state index < -0.39 is 0 Å². The molecule has 3 aliphatic rings. The van der Waals surface area contributed by atoms with Crippen LogP contribution in [-0.4, -0.2) is 24.1 Å². The van der Waals surface area contributed by atoms with Gasteiger partial charge in [0.15, 0.2) is 0 Å². The molecule has 0 aromatic carbocycles. The van der Waals surface area contributed by atoms with Crippen LogP contribution in [0.1, 0.15) is 27.2 Å². The van der Waals surface area contributed by atoms with Gasteiger partial charge in [-0.2, -0.15) is 0 Å². The van der Waals surface area contributed by atoms with Gasteiger partial charge in [0.05, 0.1) is 5.92 Å². The lowest BCUT2D eigenvalue weighted by atomic mass is 9.80. The van der Waals surface area contributed by atoms with Crippen LogP contribution in [0.3, 0.4) is 0 Å². The van der Waals surface area contributed by atoms with Crippen LogP contribution in [0.25, 0.3) is 0 Å². The number of carbonyl (C=O) groups excluding carboxylic acids is 2. The number of esters is 2. The molecule has 4 nitrogen and oxygen atoms in total. The van der Waals surface area contributed by atoms with E-state index in [1.54, 1.807) is 0 Å². The van der Waals surface area contributed by atoms with Crippen LogP contribution in [0.2, 0.25) is 0 Å². The number of hydrogen-bond acceptors (Lipinski definition) is 4. The second-order valence-electron chi connectivity index (χ2n) is 6.24. The maximum atomic E-state index is 12.0. The van der Waals surface area contributed by atoms with E-state index in [2.05, 4.69) is 13.5 Å². The maximum absolute atomic E-state index is 12.0. The molecule has 4 heteroatoms. The van der Waals surface area contributed by atoms with Gasteiger partial charge in [-0.3, -0.25) is 9.59 Å². The standard InChI is InChI=1S/C17H20O4/c1-8-5-6-12-9(2)7-13(20-11(4)18)15-10(3)17(19)21-16(15)14(8)12/h5-6,10,13-16H,1,7H2,2-4H3. The largest absolute Gasteiger partial charge is 0.462 e. The van der Waals surface area contributed by atoms with Crippen LogP contribution in [0.15, 0.2) is 35.5 Å². The summed E-state index contributed by atoms with van der Waals surface area (Å²) in [6.45, 7) is 9.41. The van der Waals surface area contributed by atoms with Gasteiger partial charge in [-0.25, -0.2) is 0 Å². The molecule has 1 fully saturated rings. The van der Waals surface area contributed by atoms with Crippen molar-refractivity contribution in [3.8, 4) is 0 Å². The summed E-state index contributed by atoms with van der Waals surface area (Å²) in [6.07, 6.45) is 4.08. The van der Waals surface area contributed by atoms with Gasteiger partial charge in [0, 0.05) is 25.2 Å². The fraction of sp³-hybridized carbons (Fsp3) is 0.529. The second kappa shape index (κ2) is 4.86. The highest BCUT2D eigenvalue weighted by Crippen LogP contribution is 2.48. The molecule has 1 heterocycles. The van der Waals surface area contributed by atoms with Crippen LogP contribution >= 0.6 is 0 Å². The smallest absolute Gasteiger partial charge is 0.309 e. The highest BCUT2D eigenvalue weighted by Gasteiger charge is 2.53. The summed E-state index contributed by atoms with van der Waals surface area (Å²) in [6, 6.07) is 0. The van der Waals surface area contributed by atoms with E-state index in [-0.39, 0.29) is 41.9 Å². The zero-order chi connectivity index (χ0) is 15.3. The quantitative estimate of drug-likeness (QED) is 0.696. The molecule has 0 amide bonds. The SMILES string of the molecule is C=C1C=CC2=C(C)CC(OC(C)=O)C3C(C)C(=O)OC3C12. The van der Waals surface area contributed by atoms with E-state index in [9.17, 15) is 9.59 Å². The lowest BCUT2D eigenvalue weighted by Crippen LogP contribution is -2.37. The van der Waals surface area contributed by atoms with Crippen molar-refractivity contribution in [2.75, 3.05) is 0 Å². The molecule has 0 saturated carbocycles. The van der Waals surface area contributed by atoms with Gasteiger partial charge in [0.2, 0.25) is 0 Å². The van der Waals surface area contributed by atoms with Crippen LogP contribution in [0.5, 0.6) is 0 Å². The highest BCUT2D eigenvalue weighted by atomic mass is 16.6. The third-order valence-corrected chi connectivity index (χ3v) is 4.87. The summed E-state index contributed by atoms with van der Waals surface area (Å²) in [4.78, 5) is 23.5. The molecular formula is C17H20O4. The van der Waals surface area contributed by atoms with Crippen molar-refractivity contribution in [3.05, 3.63) is 35.5 Å². The van der Waals surface area contributed by atoms with Gasteiger partial charge in [-0.15, -0.1) is 0 Å². The lowest BCUT2D eigenvalue weighted by molar-refractivity contribution is -0.150. The maximum Gasteiger partial charge on any atom is 0.309 e. The first-order valence-corrected chi connectivity index (χ1v) is 7.34. The molecule has 21 heavy (non-hydrogen) atoms. The second-order valence-corrected chi connectivity index (χ2v) is 6.24. The number of ether oxygens (including phenoxy) is 2. The number of allylic oxidation sites excluding steroid dienone is 2. The summed E-state index contributed by atoms with van der Waals surface area (Å²) in [5.41, 5.74) is 3.30. The Morgan fingerprint density at radius 1 is 1.43 bits per heavy atom. The molecule has 5 unspecified atom stereocenters. The van der Waals surface area contributed by atoms with Crippen molar-refractivity contribution < 1.29 is 19.1 Å². The predicted molar refractivity (Wildman–Crippen MR) is 77.2 cm³/mol. The summed E-state index contributed by atoms with van der Waals surface area (Å²) in [5, 5.41) is 0. The van der Waals surface area contributed by atoms with E-state index in [4.69, 9.17) is 9.47 Å². The van der Waals surface area contributed by atoms with Crippen molar-refractivity contribution in [2.45, 2.75) is 39.4 Å². The van der Waals surface area contributed by atoms with E-state index in [0.717, 1.165) is 11.1 Å². The average Bonchev–Trinajstić information content (AvgIpc) is 2.86. The third-order valence-electron chi connectivity index (χ3n) is 4.87. The Hall–Kier alpha value is -1.84. The minimum absolute atomic E-state index is 0.00413. The summed E-state index contributed by atoms with van der Waals surface area (Å²) < 4.78 is 11.2. The molecule has 0 spiro atoms. The molecule has 1 saturated heterocycles. The summed E-state index contributed by atoms with van der Waals surface area (Å²) >= 11 is 0. The molecule has 1 aliphatic heterocycles. The molecule has 0 N–H and O–H groups in total. The Morgan fingerprint density at radius 2 is 2.14 bits per heavy atom. The molecule has 112 valence electrons. The van der Waals surface area contributed by atoms with Crippen molar-refractivity contribution in [3.63, 3.8) is 0 Å². The Morgan fingerprint density at radius 3 is 2.81 bits per heavy atom. The van der Waals surface area contributed by atoms with Crippen molar-refractivity contribution >= 4 is 11.9 Å². The number of hydrogen-bond donors (Lipinski definition) is 0. The fourth-order valence-corrected chi connectivity index (χ4v) is 3.87. The fourth-order valence-electron chi connectivity index (χ4n) is 3.87. The number of carbonyl (C=O) groups is 2. The monoisotopic (exact) mass is 288 g/mol. The topological polar surface area (TPSA) is 52.6 Å². The minimum atomic E-state index is -0.315. The Kier molecular flexibility index (Phi) is 3.27. The summed E-state index contributed by atoms with van der Waals surface area (Å²) in [7, 11) is 0. The first-order valence-electron chi connectivity index (χ1n) is 7.34. The number of rotatable bonds is 1. The predicted octanol–water partition coefficient (Wildman–Crippen LogP) is 2.56. The molecule has 2 aliphatic carbocycles. The van der Waals surface area contributed by atoms with Gasteiger partial charge in [0.1, 0.15) is 12.2 Å². The minimum Gasteiger partial charge on any atom is -0.462 e. The first-order chi connectivity index (χ1) is 9.90. The van der Waals surface area contributed by atoms with E-state index in [0.29, 0.717) is 6.42 Å². The zero-order valence-electron chi connectivity index (χ0n) is 12.6. The van der Waals surface area contributed by atoms with Gasteiger partial charge in [-0.05, 0) is 18.1 Å². The average molecular weight is 288 g/mol. The Balaban J connectivity index is 2.05. The molecule has 3 rings (SSSR count). The molecule has 0 bridgehead atoms. The van der Waals surface area contributed by atoms with Gasteiger partial charge < -0.3 is 9.47 Å². The third kappa shape index (κ3) is 2.13. The zero-order valence-corrected chi connectivity index (χ0v) is 12.6.